The lowest BCUT2D eigenvalue weighted by atomic mass is 9.92. The molecule has 0 aliphatic rings. The maximum Gasteiger partial charge on any atom is 0.423 e. The van der Waals surface area contributed by atoms with Gasteiger partial charge < -0.3 is 14.6 Å². The third kappa shape index (κ3) is 3.85. The fourth-order valence-electron chi connectivity index (χ4n) is 2.58. The molecule has 0 radical (unpaired) electrons. The van der Waals surface area contributed by atoms with Crippen molar-refractivity contribution >= 4 is 5.97 Å². The highest BCUT2D eigenvalue weighted by molar-refractivity contribution is 5.88. The number of imidazole rings is 1. The number of aliphatic hydroxyl groups is 1. The molecule has 1 aromatic carbocycles. The Morgan fingerprint density at radius 3 is 2.33 bits per heavy atom. The van der Waals surface area contributed by atoms with E-state index in [1.165, 1.54) is 26.2 Å². The quantitative estimate of drug-likeness (QED) is 0.740. The van der Waals surface area contributed by atoms with E-state index in [0.717, 1.165) is 12.1 Å². The Balaban J connectivity index is 2.52. The van der Waals surface area contributed by atoms with Crippen molar-refractivity contribution in [2.45, 2.75) is 32.2 Å². The van der Waals surface area contributed by atoms with Crippen LogP contribution < -0.4 is 10.4 Å². The number of methoxy groups -OCH3 is 1. The number of hydrogen-bond donors (Lipinski definition) is 2. The summed E-state index contributed by atoms with van der Waals surface area (Å²) in [6, 6.07) is 4.66. The zero-order valence-electron chi connectivity index (χ0n) is 14.9. The van der Waals surface area contributed by atoms with E-state index in [2.05, 4.69) is 4.98 Å². The number of carbonyl (C=O) groups excluding carboxylic acids is 1. The molecule has 1 heterocycles. The van der Waals surface area contributed by atoms with Crippen molar-refractivity contribution in [3.05, 3.63) is 51.7 Å². The van der Waals surface area contributed by atoms with Crippen molar-refractivity contribution in [2.24, 2.45) is 0 Å². The second-order valence-corrected chi connectivity index (χ2v) is 5.78. The number of benzene rings is 1. The lowest BCUT2D eigenvalue weighted by Gasteiger charge is -2.31. The van der Waals surface area contributed by atoms with Crippen LogP contribution in [0, 0.1) is 6.92 Å². The number of nitrogens with zero attached hydrogens (tertiary/aromatic N) is 1. The standard InChI is InChI=1S/C17H19F3N2O5/c1-4-27-14(23)13-10(2)22(15(24)21-13)9-16(25,17(18,19)20)11-5-7-12(26-3)8-6-11/h5-8,25H,4,9H2,1-3H3,(H,21,24). The third-order valence-electron chi connectivity index (χ3n) is 4.15. The minimum atomic E-state index is -5.09. The van der Waals surface area contributed by atoms with E-state index < -0.39 is 35.5 Å². The van der Waals surface area contributed by atoms with Gasteiger partial charge in [0.2, 0.25) is 5.60 Å². The molecule has 27 heavy (non-hydrogen) atoms. The SMILES string of the molecule is CCOC(=O)c1[nH]c(=O)n(CC(O)(c2ccc(OC)cc2)C(F)(F)F)c1C. The number of carbonyl (C=O) groups is 1. The van der Waals surface area contributed by atoms with Crippen LogP contribution in [0.3, 0.4) is 0 Å². The molecule has 0 saturated carbocycles. The van der Waals surface area contributed by atoms with Crippen LogP contribution in [0.15, 0.2) is 29.1 Å². The fraction of sp³-hybridized carbons (Fsp3) is 0.412. The van der Waals surface area contributed by atoms with Crippen molar-refractivity contribution in [3.8, 4) is 5.75 Å². The predicted octanol–water partition coefficient (Wildman–Crippen LogP) is 2.12. The smallest absolute Gasteiger partial charge is 0.423 e. The minimum Gasteiger partial charge on any atom is -0.497 e. The predicted molar refractivity (Wildman–Crippen MR) is 88.7 cm³/mol. The summed E-state index contributed by atoms with van der Waals surface area (Å²) in [4.78, 5) is 26.1. The van der Waals surface area contributed by atoms with E-state index >= 15 is 0 Å². The number of halogens is 3. The van der Waals surface area contributed by atoms with E-state index in [1.807, 2.05) is 0 Å². The molecule has 10 heteroatoms. The van der Waals surface area contributed by atoms with Crippen LogP contribution in [0.2, 0.25) is 0 Å². The van der Waals surface area contributed by atoms with Crippen LogP contribution in [-0.2, 0) is 16.9 Å². The van der Waals surface area contributed by atoms with E-state index in [4.69, 9.17) is 9.47 Å². The molecule has 1 unspecified atom stereocenters. The number of ether oxygens (including phenoxy) is 2. The molecular formula is C17H19F3N2O5. The van der Waals surface area contributed by atoms with Crippen LogP contribution in [0.1, 0.15) is 28.7 Å². The Morgan fingerprint density at radius 2 is 1.85 bits per heavy atom. The molecule has 0 spiro atoms. The summed E-state index contributed by atoms with van der Waals surface area (Å²) in [7, 11) is 1.35. The highest BCUT2D eigenvalue weighted by Gasteiger charge is 2.55. The van der Waals surface area contributed by atoms with Gasteiger partial charge in [0.05, 0.1) is 26.0 Å². The van der Waals surface area contributed by atoms with Crippen molar-refractivity contribution in [1.82, 2.24) is 9.55 Å². The number of alkyl halides is 3. The minimum absolute atomic E-state index is 0.0316. The van der Waals surface area contributed by atoms with Gasteiger partial charge in [-0.25, -0.2) is 9.59 Å². The number of nitrogens with one attached hydrogen (secondary N) is 1. The van der Waals surface area contributed by atoms with Crippen molar-refractivity contribution in [2.75, 3.05) is 13.7 Å². The van der Waals surface area contributed by atoms with Gasteiger partial charge in [-0.2, -0.15) is 13.2 Å². The molecule has 0 fully saturated rings. The lowest BCUT2D eigenvalue weighted by Crippen LogP contribution is -2.47. The summed E-state index contributed by atoms with van der Waals surface area (Å²) in [6.45, 7) is 1.73. The number of H-pyrrole nitrogens is 1. The topological polar surface area (TPSA) is 93.6 Å². The average molecular weight is 388 g/mol. The Morgan fingerprint density at radius 1 is 1.26 bits per heavy atom. The monoisotopic (exact) mass is 388 g/mol. The number of rotatable bonds is 6. The molecule has 2 rings (SSSR count). The van der Waals surface area contributed by atoms with Crippen LogP contribution in [0.5, 0.6) is 5.75 Å². The molecular weight excluding hydrogens is 369 g/mol. The van der Waals surface area contributed by atoms with Crippen molar-refractivity contribution < 1.29 is 32.5 Å². The Kier molecular flexibility index (Phi) is 5.69. The van der Waals surface area contributed by atoms with Gasteiger partial charge >= 0.3 is 17.8 Å². The first-order chi connectivity index (χ1) is 12.5. The van der Waals surface area contributed by atoms with Gasteiger partial charge in [-0.15, -0.1) is 0 Å². The van der Waals surface area contributed by atoms with E-state index in [0.29, 0.717) is 10.3 Å². The Labute approximate surface area is 152 Å². The summed E-state index contributed by atoms with van der Waals surface area (Å²) < 4.78 is 51.5. The lowest BCUT2D eigenvalue weighted by molar-refractivity contribution is -0.272. The summed E-state index contributed by atoms with van der Waals surface area (Å²) in [5, 5.41) is 10.5. The van der Waals surface area contributed by atoms with E-state index in [9.17, 15) is 27.9 Å². The molecule has 2 aromatic rings. The largest absolute Gasteiger partial charge is 0.497 e. The zero-order valence-corrected chi connectivity index (χ0v) is 14.9. The first-order valence-corrected chi connectivity index (χ1v) is 7.95. The van der Waals surface area contributed by atoms with Gasteiger partial charge in [0.15, 0.2) is 0 Å². The highest BCUT2D eigenvalue weighted by Crippen LogP contribution is 2.40. The summed E-state index contributed by atoms with van der Waals surface area (Å²) >= 11 is 0. The molecule has 0 aliphatic carbocycles. The Bertz CT molecular complexity index is 870. The van der Waals surface area contributed by atoms with Crippen LogP contribution in [0.4, 0.5) is 13.2 Å². The normalized spacial score (nSPS) is 13.9. The first-order valence-electron chi connectivity index (χ1n) is 7.95. The molecule has 0 saturated heterocycles. The number of hydrogen-bond acceptors (Lipinski definition) is 5. The first kappa shape index (κ1) is 20.6. The molecule has 1 atom stereocenters. The molecule has 148 valence electrons. The molecule has 0 aliphatic heterocycles. The molecule has 0 amide bonds. The van der Waals surface area contributed by atoms with Crippen LogP contribution in [-0.4, -0.2) is 40.5 Å². The molecule has 2 N–H and O–H groups in total. The number of aromatic nitrogens is 2. The highest BCUT2D eigenvalue weighted by atomic mass is 19.4. The van der Waals surface area contributed by atoms with Crippen LogP contribution >= 0.6 is 0 Å². The summed E-state index contributed by atoms with van der Waals surface area (Å²) in [5.41, 5.74) is -5.13. The second kappa shape index (κ2) is 7.47. The summed E-state index contributed by atoms with van der Waals surface area (Å²) in [5.74, 6) is -0.561. The van der Waals surface area contributed by atoms with Gasteiger partial charge in [0, 0.05) is 0 Å². The van der Waals surface area contributed by atoms with Gasteiger partial charge in [-0.05, 0) is 31.5 Å². The van der Waals surface area contributed by atoms with Gasteiger partial charge in [0.25, 0.3) is 0 Å². The Hall–Kier alpha value is -2.75. The van der Waals surface area contributed by atoms with Crippen LogP contribution in [0.25, 0.3) is 0 Å². The summed E-state index contributed by atoms with van der Waals surface area (Å²) in [6.07, 6.45) is -5.09. The molecule has 7 nitrogen and oxygen atoms in total. The average Bonchev–Trinajstić information content (AvgIpc) is 2.89. The zero-order chi connectivity index (χ0) is 20.4. The van der Waals surface area contributed by atoms with Gasteiger partial charge in [-0.3, -0.25) is 9.55 Å². The third-order valence-corrected chi connectivity index (χ3v) is 4.15. The van der Waals surface area contributed by atoms with Crippen molar-refractivity contribution in [1.29, 1.82) is 0 Å². The maximum absolute atomic E-state index is 13.7. The molecule has 1 aromatic heterocycles. The van der Waals surface area contributed by atoms with E-state index in [-0.39, 0.29) is 18.0 Å². The number of esters is 1. The van der Waals surface area contributed by atoms with E-state index in [1.54, 1.807) is 6.92 Å². The van der Waals surface area contributed by atoms with Gasteiger partial charge in [0.1, 0.15) is 11.4 Å². The fourth-order valence-corrected chi connectivity index (χ4v) is 2.58. The van der Waals surface area contributed by atoms with Crippen molar-refractivity contribution in [3.63, 3.8) is 0 Å². The second-order valence-electron chi connectivity index (χ2n) is 5.78. The number of aromatic amines is 1. The molecule has 0 bridgehead atoms. The van der Waals surface area contributed by atoms with Gasteiger partial charge in [-0.1, -0.05) is 12.1 Å². The maximum atomic E-state index is 13.7.